The average molecular weight is 345 g/mol. The number of benzene rings is 3. The summed E-state index contributed by atoms with van der Waals surface area (Å²) < 4.78 is 6.08. The third kappa shape index (κ3) is 4.66. The first-order valence-corrected chi connectivity index (χ1v) is 9.35. The lowest BCUT2D eigenvalue weighted by atomic mass is 10.1. The average Bonchev–Trinajstić information content (AvgIpc) is 2.68. The fraction of sp³-hybridized carbons (Fsp3) is 0.250. The number of hydrogen-bond acceptors (Lipinski definition) is 2. The van der Waals surface area contributed by atoms with Gasteiger partial charge in [0.2, 0.25) is 0 Å². The van der Waals surface area contributed by atoms with E-state index in [2.05, 4.69) is 79.8 Å². The maximum Gasteiger partial charge on any atom is 0.124 e. The first kappa shape index (κ1) is 18.1. The van der Waals surface area contributed by atoms with Crippen molar-refractivity contribution in [2.75, 3.05) is 11.9 Å². The van der Waals surface area contributed by atoms with Crippen LogP contribution in [0.3, 0.4) is 0 Å². The highest BCUT2D eigenvalue weighted by atomic mass is 16.5. The Morgan fingerprint density at radius 2 is 1.54 bits per heavy atom. The molecule has 0 heterocycles. The Balaban J connectivity index is 1.64. The SMILES string of the molecule is CCc1cccc(C)c1NCc1ccccc1OCCc1ccccc1. The lowest BCUT2D eigenvalue weighted by Gasteiger charge is -2.16. The van der Waals surface area contributed by atoms with Gasteiger partial charge in [0.25, 0.3) is 0 Å². The quantitative estimate of drug-likeness (QED) is 0.558. The molecule has 0 amide bonds. The molecule has 0 bridgehead atoms. The minimum absolute atomic E-state index is 0.686. The zero-order valence-electron chi connectivity index (χ0n) is 15.7. The van der Waals surface area contributed by atoms with E-state index in [-0.39, 0.29) is 0 Å². The second-order valence-corrected chi connectivity index (χ2v) is 6.51. The minimum atomic E-state index is 0.686. The van der Waals surface area contributed by atoms with E-state index >= 15 is 0 Å². The Morgan fingerprint density at radius 1 is 0.808 bits per heavy atom. The summed E-state index contributed by atoms with van der Waals surface area (Å²) >= 11 is 0. The standard InChI is InChI=1S/C24H27NO/c1-3-21-14-9-10-19(2)24(21)25-18-22-13-7-8-15-23(22)26-17-16-20-11-5-4-6-12-20/h4-15,25H,3,16-18H2,1-2H3. The fourth-order valence-corrected chi connectivity index (χ4v) is 3.17. The molecule has 0 unspecified atom stereocenters. The first-order valence-electron chi connectivity index (χ1n) is 9.35. The molecule has 0 aromatic heterocycles. The summed E-state index contributed by atoms with van der Waals surface area (Å²) in [7, 11) is 0. The van der Waals surface area contributed by atoms with Crippen molar-refractivity contribution in [3.05, 3.63) is 95.1 Å². The Kier molecular flexibility index (Phi) is 6.32. The van der Waals surface area contributed by atoms with Gasteiger partial charge in [0.1, 0.15) is 5.75 Å². The summed E-state index contributed by atoms with van der Waals surface area (Å²) in [5.74, 6) is 0.961. The number of para-hydroxylation sites is 2. The number of hydrogen-bond donors (Lipinski definition) is 1. The number of rotatable bonds is 8. The van der Waals surface area contributed by atoms with Gasteiger partial charge in [-0.1, -0.05) is 73.7 Å². The summed E-state index contributed by atoms with van der Waals surface area (Å²) in [5, 5.41) is 3.62. The summed E-state index contributed by atoms with van der Waals surface area (Å²) in [4.78, 5) is 0. The van der Waals surface area contributed by atoms with Crippen LogP contribution in [0.15, 0.2) is 72.8 Å². The highest BCUT2D eigenvalue weighted by Crippen LogP contribution is 2.24. The molecule has 2 nitrogen and oxygen atoms in total. The third-order valence-corrected chi connectivity index (χ3v) is 4.66. The zero-order valence-corrected chi connectivity index (χ0v) is 15.7. The van der Waals surface area contributed by atoms with Crippen molar-refractivity contribution < 1.29 is 4.74 Å². The molecule has 0 radical (unpaired) electrons. The predicted octanol–water partition coefficient (Wildman–Crippen LogP) is 5.79. The molecule has 3 rings (SSSR count). The van der Waals surface area contributed by atoms with E-state index in [4.69, 9.17) is 4.74 Å². The van der Waals surface area contributed by atoms with Crippen molar-refractivity contribution in [2.24, 2.45) is 0 Å². The molecule has 3 aromatic carbocycles. The lowest BCUT2D eigenvalue weighted by molar-refractivity contribution is 0.319. The minimum Gasteiger partial charge on any atom is -0.493 e. The van der Waals surface area contributed by atoms with Gasteiger partial charge in [0.05, 0.1) is 6.61 Å². The zero-order chi connectivity index (χ0) is 18.2. The molecule has 0 spiro atoms. The van der Waals surface area contributed by atoms with Crippen molar-refractivity contribution in [2.45, 2.75) is 33.2 Å². The number of anilines is 1. The van der Waals surface area contributed by atoms with Gasteiger partial charge in [-0.3, -0.25) is 0 Å². The molecule has 26 heavy (non-hydrogen) atoms. The van der Waals surface area contributed by atoms with Crippen LogP contribution in [-0.2, 0) is 19.4 Å². The van der Waals surface area contributed by atoms with Crippen LogP contribution < -0.4 is 10.1 Å². The van der Waals surface area contributed by atoms with Crippen LogP contribution in [0.2, 0.25) is 0 Å². The third-order valence-electron chi connectivity index (χ3n) is 4.66. The monoisotopic (exact) mass is 345 g/mol. The van der Waals surface area contributed by atoms with Gasteiger partial charge in [-0.25, -0.2) is 0 Å². The second-order valence-electron chi connectivity index (χ2n) is 6.51. The Labute approximate surface area is 156 Å². The molecule has 0 aliphatic heterocycles. The van der Waals surface area contributed by atoms with Gasteiger partial charge in [0, 0.05) is 24.2 Å². The largest absolute Gasteiger partial charge is 0.493 e. The molecule has 3 aromatic rings. The van der Waals surface area contributed by atoms with E-state index in [0.29, 0.717) is 6.61 Å². The van der Waals surface area contributed by atoms with Crippen molar-refractivity contribution >= 4 is 5.69 Å². The van der Waals surface area contributed by atoms with Gasteiger partial charge in [-0.15, -0.1) is 0 Å². The highest BCUT2D eigenvalue weighted by molar-refractivity contribution is 5.57. The second kappa shape index (κ2) is 9.10. The van der Waals surface area contributed by atoms with Gasteiger partial charge < -0.3 is 10.1 Å². The summed E-state index contributed by atoms with van der Waals surface area (Å²) in [6, 6.07) is 25.2. The smallest absolute Gasteiger partial charge is 0.124 e. The molecule has 0 saturated heterocycles. The van der Waals surface area contributed by atoms with Crippen LogP contribution in [0, 0.1) is 6.92 Å². The molecule has 0 aliphatic rings. The van der Waals surface area contributed by atoms with Gasteiger partial charge in [0.15, 0.2) is 0 Å². The predicted molar refractivity (Wildman–Crippen MR) is 110 cm³/mol. The van der Waals surface area contributed by atoms with Crippen LogP contribution in [-0.4, -0.2) is 6.61 Å². The normalized spacial score (nSPS) is 10.5. The van der Waals surface area contributed by atoms with Crippen LogP contribution >= 0.6 is 0 Å². The van der Waals surface area contributed by atoms with E-state index < -0.39 is 0 Å². The summed E-state index contributed by atoms with van der Waals surface area (Å²) in [5.41, 5.74) is 6.37. The molecule has 0 atom stereocenters. The Hall–Kier alpha value is -2.74. The van der Waals surface area contributed by atoms with Crippen molar-refractivity contribution in [3.63, 3.8) is 0 Å². The highest BCUT2D eigenvalue weighted by Gasteiger charge is 2.07. The van der Waals surface area contributed by atoms with E-state index in [0.717, 1.165) is 25.1 Å². The molecule has 0 aliphatic carbocycles. The lowest BCUT2D eigenvalue weighted by Crippen LogP contribution is -2.07. The number of ether oxygens (including phenoxy) is 1. The van der Waals surface area contributed by atoms with E-state index in [1.807, 2.05) is 12.1 Å². The molecule has 0 fully saturated rings. The van der Waals surface area contributed by atoms with Crippen molar-refractivity contribution in [1.29, 1.82) is 0 Å². The summed E-state index contributed by atoms with van der Waals surface area (Å²) in [6.45, 7) is 5.80. The fourth-order valence-electron chi connectivity index (χ4n) is 3.17. The first-order chi connectivity index (χ1) is 12.8. The molecular weight excluding hydrogens is 318 g/mol. The molecule has 2 heteroatoms. The van der Waals surface area contributed by atoms with Crippen molar-refractivity contribution in [3.8, 4) is 5.75 Å². The number of aryl methyl sites for hydroxylation is 2. The molecular formula is C24H27NO. The molecule has 1 N–H and O–H groups in total. The summed E-state index contributed by atoms with van der Waals surface area (Å²) in [6.07, 6.45) is 1.94. The maximum atomic E-state index is 6.08. The Bertz CT molecular complexity index is 827. The maximum absolute atomic E-state index is 6.08. The van der Waals surface area contributed by atoms with Gasteiger partial charge in [-0.2, -0.15) is 0 Å². The van der Waals surface area contributed by atoms with Gasteiger partial charge in [-0.05, 0) is 36.1 Å². The van der Waals surface area contributed by atoms with E-state index in [9.17, 15) is 0 Å². The molecule has 134 valence electrons. The van der Waals surface area contributed by atoms with E-state index in [1.54, 1.807) is 0 Å². The van der Waals surface area contributed by atoms with E-state index in [1.165, 1.54) is 27.9 Å². The number of nitrogens with one attached hydrogen (secondary N) is 1. The van der Waals surface area contributed by atoms with Crippen molar-refractivity contribution in [1.82, 2.24) is 0 Å². The van der Waals surface area contributed by atoms with Crippen LogP contribution in [0.25, 0.3) is 0 Å². The topological polar surface area (TPSA) is 21.3 Å². The molecule has 0 saturated carbocycles. The Morgan fingerprint density at radius 3 is 2.35 bits per heavy atom. The van der Waals surface area contributed by atoms with Crippen LogP contribution in [0.1, 0.15) is 29.2 Å². The van der Waals surface area contributed by atoms with Crippen LogP contribution in [0.5, 0.6) is 5.75 Å². The van der Waals surface area contributed by atoms with Gasteiger partial charge >= 0.3 is 0 Å². The van der Waals surface area contributed by atoms with Crippen LogP contribution in [0.4, 0.5) is 5.69 Å².